The normalized spacial score (nSPS) is 15.4. The van der Waals surface area contributed by atoms with Crippen molar-refractivity contribution in [3.05, 3.63) is 40.0 Å². The molecule has 1 fully saturated rings. The van der Waals surface area contributed by atoms with E-state index in [4.69, 9.17) is 4.42 Å². The summed E-state index contributed by atoms with van der Waals surface area (Å²) in [5, 5.41) is 2.98. The van der Waals surface area contributed by atoms with Crippen molar-refractivity contribution in [1.29, 1.82) is 0 Å². The lowest BCUT2D eigenvalue weighted by Gasteiger charge is -2.34. The molecule has 3 rings (SSSR count). The maximum Gasteiger partial charge on any atom is 0.256 e. The van der Waals surface area contributed by atoms with Crippen molar-refractivity contribution in [3.63, 3.8) is 0 Å². The van der Waals surface area contributed by atoms with E-state index >= 15 is 0 Å². The summed E-state index contributed by atoms with van der Waals surface area (Å²) in [6.07, 6.45) is 3.53. The zero-order valence-corrected chi connectivity index (χ0v) is 16.0. The molecule has 1 aliphatic heterocycles. The highest BCUT2D eigenvalue weighted by Gasteiger charge is 2.21. The monoisotopic (exact) mass is 407 g/mol. The molecule has 1 amide bonds. The number of hydrogen-bond donors (Lipinski definition) is 1. The molecule has 7 nitrogen and oxygen atoms in total. The zero-order valence-electron chi connectivity index (χ0n) is 14.5. The predicted molar refractivity (Wildman–Crippen MR) is 98.9 cm³/mol. The number of carbonyl (C=O) groups is 1. The third-order valence-corrected chi connectivity index (χ3v) is 5.29. The van der Waals surface area contributed by atoms with Gasteiger partial charge in [0.25, 0.3) is 5.91 Å². The van der Waals surface area contributed by atoms with E-state index in [-0.39, 0.29) is 5.91 Å². The number of piperazine rings is 1. The van der Waals surface area contributed by atoms with Gasteiger partial charge in [0.15, 0.2) is 0 Å². The second-order valence-corrected chi connectivity index (χ2v) is 6.83. The van der Waals surface area contributed by atoms with Crippen molar-refractivity contribution >= 4 is 27.8 Å². The van der Waals surface area contributed by atoms with Crippen LogP contribution in [0.15, 0.2) is 27.3 Å². The molecule has 2 aromatic rings. The van der Waals surface area contributed by atoms with Crippen LogP contribution in [0, 0.1) is 13.8 Å². The quantitative estimate of drug-likeness (QED) is 0.816. The number of nitrogens with zero attached hydrogens (tertiary/aromatic N) is 4. The molecule has 0 atom stereocenters. The third-order valence-electron chi connectivity index (χ3n) is 4.33. The smallest absolute Gasteiger partial charge is 0.256 e. The first-order valence-electron chi connectivity index (χ1n) is 8.34. The molecular formula is C17H22BrN5O2. The summed E-state index contributed by atoms with van der Waals surface area (Å²) in [5.41, 5.74) is 0.587. The second kappa shape index (κ2) is 7.97. The maximum absolute atomic E-state index is 12.3. The van der Waals surface area contributed by atoms with Crippen molar-refractivity contribution in [2.45, 2.75) is 13.8 Å². The molecule has 0 saturated carbocycles. The lowest BCUT2D eigenvalue weighted by Crippen LogP contribution is -2.49. The fraction of sp³-hybridized carbons (Fsp3) is 0.471. The Morgan fingerprint density at radius 3 is 2.48 bits per heavy atom. The molecule has 1 aliphatic rings. The van der Waals surface area contributed by atoms with Crippen LogP contribution in [0.5, 0.6) is 0 Å². The Morgan fingerprint density at radius 1 is 1.20 bits per heavy atom. The van der Waals surface area contributed by atoms with Gasteiger partial charge >= 0.3 is 0 Å². The number of furan rings is 1. The number of amides is 1. The molecule has 0 bridgehead atoms. The number of carbonyl (C=O) groups excluding carboxylic acids is 1. The van der Waals surface area contributed by atoms with E-state index in [0.29, 0.717) is 17.9 Å². The predicted octanol–water partition coefficient (Wildman–Crippen LogP) is 2.00. The Balaban J connectivity index is 1.44. The van der Waals surface area contributed by atoms with Gasteiger partial charge in [-0.1, -0.05) is 0 Å². The van der Waals surface area contributed by atoms with Gasteiger partial charge in [0.2, 0.25) is 5.95 Å². The highest BCUT2D eigenvalue weighted by molar-refractivity contribution is 9.10. The molecule has 0 aliphatic carbocycles. The van der Waals surface area contributed by atoms with E-state index in [1.807, 2.05) is 13.0 Å². The Hall–Kier alpha value is -1.93. The van der Waals surface area contributed by atoms with Crippen LogP contribution >= 0.6 is 15.9 Å². The highest BCUT2D eigenvalue weighted by Crippen LogP contribution is 2.27. The van der Waals surface area contributed by atoms with Crippen molar-refractivity contribution in [3.8, 4) is 0 Å². The van der Waals surface area contributed by atoms with E-state index < -0.39 is 0 Å². The van der Waals surface area contributed by atoms with E-state index in [1.54, 1.807) is 19.3 Å². The van der Waals surface area contributed by atoms with Crippen LogP contribution in [-0.2, 0) is 0 Å². The van der Waals surface area contributed by atoms with E-state index in [1.165, 1.54) is 0 Å². The number of aromatic nitrogens is 2. The number of nitrogens with one attached hydrogen (secondary N) is 1. The van der Waals surface area contributed by atoms with Crippen LogP contribution in [0.2, 0.25) is 0 Å². The summed E-state index contributed by atoms with van der Waals surface area (Å²) in [5.74, 6) is 2.05. The molecule has 1 saturated heterocycles. The zero-order chi connectivity index (χ0) is 17.8. The Morgan fingerprint density at radius 2 is 1.88 bits per heavy atom. The summed E-state index contributed by atoms with van der Waals surface area (Å²) in [6.45, 7) is 8.72. The van der Waals surface area contributed by atoms with Crippen LogP contribution in [-0.4, -0.2) is 60.0 Å². The van der Waals surface area contributed by atoms with Crippen molar-refractivity contribution in [2.24, 2.45) is 0 Å². The van der Waals surface area contributed by atoms with Crippen molar-refractivity contribution < 1.29 is 9.21 Å². The number of halogens is 1. The standard InChI is InChI=1S/C17H22BrN5O2/c1-12-14(15(18)13(2)25-12)16(24)19-6-7-22-8-10-23(11-9-22)17-20-4-3-5-21-17/h3-5H,6-11H2,1-2H3,(H,19,24). The van der Waals surface area contributed by atoms with E-state index in [9.17, 15) is 4.79 Å². The van der Waals surface area contributed by atoms with Crippen molar-refractivity contribution in [1.82, 2.24) is 20.2 Å². The Labute approximate surface area is 155 Å². The summed E-state index contributed by atoms with van der Waals surface area (Å²) in [7, 11) is 0. The van der Waals surface area contributed by atoms with Crippen LogP contribution in [0.25, 0.3) is 0 Å². The van der Waals surface area contributed by atoms with Crippen LogP contribution in [0.3, 0.4) is 0 Å². The molecular weight excluding hydrogens is 386 g/mol. The molecule has 134 valence electrons. The van der Waals surface area contributed by atoms with E-state index in [0.717, 1.165) is 48.9 Å². The van der Waals surface area contributed by atoms with Gasteiger partial charge in [-0.3, -0.25) is 9.69 Å². The molecule has 0 spiro atoms. The first-order chi connectivity index (χ1) is 12.1. The second-order valence-electron chi connectivity index (χ2n) is 6.04. The van der Waals surface area contributed by atoms with Gasteiger partial charge in [0, 0.05) is 51.7 Å². The largest absolute Gasteiger partial charge is 0.465 e. The fourth-order valence-corrected chi connectivity index (χ4v) is 3.50. The SMILES string of the molecule is Cc1oc(C)c(C(=O)NCCN2CCN(c3ncccn3)CC2)c1Br. The topological polar surface area (TPSA) is 74.5 Å². The van der Waals surface area contributed by atoms with Gasteiger partial charge in [0.1, 0.15) is 11.5 Å². The molecule has 0 radical (unpaired) electrons. The van der Waals surface area contributed by atoms with Crippen LogP contribution in [0.4, 0.5) is 5.95 Å². The van der Waals surface area contributed by atoms with Crippen molar-refractivity contribution in [2.75, 3.05) is 44.2 Å². The van der Waals surface area contributed by atoms with Gasteiger partial charge in [0.05, 0.1) is 10.0 Å². The molecule has 8 heteroatoms. The lowest BCUT2D eigenvalue weighted by molar-refractivity contribution is 0.0945. The van der Waals surface area contributed by atoms with Gasteiger partial charge < -0.3 is 14.6 Å². The minimum absolute atomic E-state index is 0.0995. The summed E-state index contributed by atoms with van der Waals surface area (Å²) < 4.78 is 6.22. The molecule has 1 N–H and O–H groups in total. The average molecular weight is 408 g/mol. The Bertz CT molecular complexity index is 726. The third kappa shape index (κ3) is 4.19. The number of hydrogen-bond acceptors (Lipinski definition) is 6. The van der Waals surface area contributed by atoms with Gasteiger partial charge in [-0.2, -0.15) is 0 Å². The minimum Gasteiger partial charge on any atom is -0.465 e. The Kier molecular flexibility index (Phi) is 5.70. The maximum atomic E-state index is 12.3. The molecule has 0 aromatic carbocycles. The lowest BCUT2D eigenvalue weighted by atomic mass is 10.2. The molecule has 25 heavy (non-hydrogen) atoms. The summed E-state index contributed by atoms with van der Waals surface area (Å²) >= 11 is 3.42. The first kappa shape index (κ1) is 17.9. The van der Waals surface area contributed by atoms with Gasteiger partial charge in [-0.25, -0.2) is 9.97 Å². The first-order valence-corrected chi connectivity index (χ1v) is 9.13. The number of aryl methyl sites for hydroxylation is 2. The average Bonchev–Trinajstić information content (AvgIpc) is 2.88. The van der Waals surface area contributed by atoms with Crippen LogP contribution in [0.1, 0.15) is 21.9 Å². The van der Waals surface area contributed by atoms with Gasteiger partial charge in [-0.05, 0) is 35.8 Å². The fourth-order valence-electron chi connectivity index (χ4n) is 2.96. The summed E-state index contributed by atoms with van der Waals surface area (Å²) in [4.78, 5) is 25.4. The highest BCUT2D eigenvalue weighted by atomic mass is 79.9. The molecule has 3 heterocycles. The minimum atomic E-state index is -0.0995. The van der Waals surface area contributed by atoms with E-state index in [2.05, 4.69) is 41.0 Å². The summed E-state index contributed by atoms with van der Waals surface area (Å²) in [6, 6.07) is 1.82. The molecule has 2 aromatic heterocycles. The number of anilines is 1. The molecule has 0 unspecified atom stereocenters. The number of rotatable bonds is 5. The van der Waals surface area contributed by atoms with Gasteiger partial charge in [-0.15, -0.1) is 0 Å². The van der Waals surface area contributed by atoms with Crippen LogP contribution < -0.4 is 10.2 Å².